The van der Waals surface area contributed by atoms with E-state index in [1.165, 1.54) is 0 Å². The SMILES string of the molecule is O=S(=O)(NCC1(Sc2ccccc2)CCOCC1)c1ccc(Br)cc1. The molecule has 4 nitrogen and oxygen atoms in total. The second kappa shape index (κ2) is 8.22. The van der Waals surface area contributed by atoms with Gasteiger partial charge in [0.25, 0.3) is 0 Å². The molecule has 0 atom stereocenters. The minimum atomic E-state index is -3.53. The van der Waals surface area contributed by atoms with Crippen LogP contribution in [0.4, 0.5) is 0 Å². The second-order valence-electron chi connectivity index (χ2n) is 5.99. The maximum atomic E-state index is 12.6. The van der Waals surface area contributed by atoms with E-state index in [1.54, 1.807) is 36.0 Å². The molecular weight excluding hydrogens is 422 g/mol. The van der Waals surface area contributed by atoms with Crippen LogP contribution in [-0.2, 0) is 14.8 Å². The lowest BCUT2D eigenvalue weighted by Crippen LogP contribution is -2.44. The van der Waals surface area contributed by atoms with Crippen LogP contribution in [0.3, 0.4) is 0 Å². The zero-order valence-electron chi connectivity index (χ0n) is 13.7. The number of rotatable bonds is 6. The molecule has 1 fully saturated rings. The van der Waals surface area contributed by atoms with Crippen LogP contribution in [0.15, 0.2) is 68.9 Å². The average molecular weight is 442 g/mol. The van der Waals surface area contributed by atoms with Crippen LogP contribution in [0, 0.1) is 0 Å². The molecule has 0 unspecified atom stereocenters. The molecule has 0 saturated carbocycles. The normalized spacial score (nSPS) is 17.3. The number of nitrogens with one attached hydrogen (secondary N) is 1. The predicted molar refractivity (Wildman–Crippen MR) is 104 cm³/mol. The Balaban J connectivity index is 1.75. The molecule has 1 saturated heterocycles. The zero-order valence-corrected chi connectivity index (χ0v) is 16.9. The van der Waals surface area contributed by atoms with Crippen molar-refractivity contribution in [1.82, 2.24) is 4.72 Å². The van der Waals surface area contributed by atoms with Crippen molar-refractivity contribution in [3.63, 3.8) is 0 Å². The van der Waals surface area contributed by atoms with Crippen molar-refractivity contribution in [2.45, 2.75) is 27.4 Å². The summed E-state index contributed by atoms with van der Waals surface area (Å²) in [5, 5.41) is 0. The molecule has 0 radical (unpaired) electrons. The van der Waals surface area contributed by atoms with Gasteiger partial charge in [0.1, 0.15) is 0 Å². The molecular formula is C18H20BrNO3S2. The van der Waals surface area contributed by atoms with Crippen LogP contribution in [0.25, 0.3) is 0 Å². The van der Waals surface area contributed by atoms with E-state index in [0.717, 1.165) is 22.2 Å². The summed E-state index contributed by atoms with van der Waals surface area (Å²) < 4.78 is 34.2. The summed E-state index contributed by atoms with van der Waals surface area (Å²) in [5.74, 6) is 0. The highest BCUT2D eigenvalue weighted by Gasteiger charge is 2.35. The Morgan fingerprint density at radius 3 is 2.32 bits per heavy atom. The molecule has 3 rings (SSSR count). The Hall–Kier alpha value is -0.860. The Morgan fingerprint density at radius 1 is 1.04 bits per heavy atom. The van der Waals surface area contributed by atoms with Gasteiger partial charge in [-0.3, -0.25) is 0 Å². The van der Waals surface area contributed by atoms with Gasteiger partial charge in [0.05, 0.1) is 4.90 Å². The van der Waals surface area contributed by atoms with Gasteiger partial charge in [-0.1, -0.05) is 34.1 Å². The third-order valence-electron chi connectivity index (χ3n) is 4.19. The Kier molecular flexibility index (Phi) is 6.22. The van der Waals surface area contributed by atoms with Crippen LogP contribution in [0.1, 0.15) is 12.8 Å². The minimum Gasteiger partial charge on any atom is -0.381 e. The monoisotopic (exact) mass is 441 g/mol. The highest BCUT2D eigenvalue weighted by atomic mass is 79.9. The van der Waals surface area contributed by atoms with E-state index < -0.39 is 10.0 Å². The molecule has 1 aliphatic rings. The molecule has 0 bridgehead atoms. The second-order valence-corrected chi connectivity index (χ2v) is 10.2. The quantitative estimate of drug-likeness (QED) is 0.733. The van der Waals surface area contributed by atoms with Crippen molar-refractivity contribution in [3.05, 3.63) is 59.1 Å². The number of hydrogen-bond acceptors (Lipinski definition) is 4. The molecule has 134 valence electrons. The van der Waals surface area contributed by atoms with Crippen molar-refractivity contribution in [2.75, 3.05) is 19.8 Å². The summed E-state index contributed by atoms with van der Waals surface area (Å²) in [6.45, 7) is 1.69. The smallest absolute Gasteiger partial charge is 0.240 e. The van der Waals surface area contributed by atoms with E-state index >= 15 is 0 Å². The summed E-state index contributed by atoms with van der Waals surface area (Å²) in [6, 6.07) is 16.8. The maximum absolute atomic E-state index is 12.6. The molecule has 25 heavy (non-hydrogen) atoms. The first-order valence-corrected chi connectivity index (χ1v) is 11.2. The Morgan fingerprint density at radius 2 is 1.68 bits per heavy atom. The standard InChI is InChI=1S/C18H20BrNO3S2/c19-15-6-8-17(9-7-15)25(21,22)20-14-18(10-12-23-13-11-18)24-16-4-2-1-3-5-16/h1-9,20H,10-14H2. The van der Waals surface area contributed by atoms with Crippen molar-refractivity contribution >= 4 is 37.7 Å². The number of hydrogen-bond donors (Lipinski definition) is 1. The number of thioether (sulfide) groups is 1. The highest BCUT2D eigenvalue weighted by Crippen LogP contribution is 2.40. The Labute approximate surface area is 161 Å². The lowest BCUT2D eigenvalue weighted by molar-refractivity contribution is 0.0784. The minimum absolute atomic E-state index is 0.192. The van der Waals surface area contributed by atoms with E-state index in [-0.39, 0.29) is 9.64 Å². The van der Waals surface area contributed by atoms with Gasteiger partial charge in [0.15, 0.2) is 0 Å². The predicted octanol–water partition coefficient (Wildman–Crippen LogP) is 4.07. The van der Waals surface area contributed by atoms with Gasteiger partial charge in [0.2, 0.25) is 10.0 Å². The van der Waals surface area contributed by atoms with Gasteiger partial charge in [-0.25, -0.2) is 13.1 Å². The van der Waals surface area contributed by atoms with Crippen LogP contribution in [-0.4, -0.2) is 32.9 Å². The molecule has 0 amide bonds. The molecule has 0 aliphatic carbocycles. The lowest BCUT2D eigenvalue weighted by Gasteiger charge is -2.36. The number of ether oxygens (including phenoxy) is 1. The van der Waals surface area contributed by atoms with Gasteiger partial charge in [-0.05, 0) is 49.2 Å². The van der Waals surface area contributed by atoms with Gasteiger partial charge in [-0.2, -0.15) is 0 Å². The Bertz CT molecular complexity index is 789. The maximum Gasteiger partial charge on any atom is 0.240 e. The summed E-state index contributed by atoms with van der Waals surface area (Å²) >= 11 is 5.06. The fraction of sp³-hybridized carbons (Fsp3) is 0.333. The third kappa shape index (κ3) is 5.08. The van der Waals surface area contributed by atoms with Crippen molar-refractivity contribution < 1.29 is 13.2 Å². The molecule has 0 aromatic heterocycles. The summed E-state index contributed by atoms with van der Waals surface area (Å²) in [7, 11) is -3.53. The summed E-state index contributed by atoms with van der Waals surface area (Å²) in [4.78, 5) is 1.43. The van der Waals surface area contributed by atoms with Crippen molar-refractivity contribution in [3.8, 4) is 0 Å². The summed E-state index contributed by atoms with van der Waals surface area (Å²) in [6.07, 6.45) is 1.63. The van der Waals surface area contributed by atoms with Gasteiger partial charge in [0, 0.05) is 33.9 Å². The van der Waals surface area contributed by atoms with E-state index in [0.29, 0.717) is 19.8 Å². The van der Waals surface area contributed by atoms with Gasteiger partial charge < -0.3 is 4.74 Å². The average Bonchev–Trinajstić information content (AvgIpc) is 2.62. The number of sulfonamides is 1. The van der Waals surface area contributed by atoms with Crippen LogP contribution in [0.5, 0.6) is 0 Å². The van der Waals surface area contributed by atoms with E-state index in [4.69, 9.17) is 4.74 Å². The molecule has 2 aromatic rings. The fourth-order valence-electron chi connectivity index (χ4n) is 2.72. The first kappa shape index (κ1) is 18.9. The largest absolute Gasteiger partial charge is 0.381 e. The molecule has 1 N–H and O–H groups in total. The van der Waals surface area contributed by atoms with E-state index in [9.17, 15) is 8.42 Å². The number of benzene rings is 2. The van der Waals surface area contributed by atoms with Crippen LogP contribution in [0.2, 0.25) is 0 Å². The van der Waals surface area contributed by atoms with Crippen LogP contribution >= 0.6 is 27.7 Å². The summed E-state index contributed by atoms with van der Waals surface area (Å²) in [5.41, 5.74) is 0. The first-order valence-electron chi connectivity index (χ1n) is 8.06. The van der Waals surface area contributed by atoms with Crippen molar-refractivity contribution in [1.29, 1.82) is 0 Å². The van der Waals surface area contributed by atoms with E-state index in [1.807, 2.05) is 18.2 Å². The van der Waals surface area contributed by atoms with Gasteiger partial charge >= 0.3 is 0 Å². The fourth-order valence-corrected chi connectivity index (χ4v) is 5.51. The molecule has 1 aliphatic heterocycles. The molecule has 2 aromatic carbocycles. The first-order chi connectivity index (χ1) is 12.0. The molecule has 7 heteroatoms. The van der Waals surface area contributed by atoms with Crippen LogP contribution < -0.4 is 4.72 Å². The van der Waals surface area contributed by atoms with E-state index in [2.05, 4.69) is 32.8 Å². The van der Waals surface area contributed by atoms with Crippen molar-refractivity contribution in [2.24, 2.45) is 0 Å². The topological polar surface area (TPSA) is 55.4 Å². The van der Waals surface area contributed by atoms with Gasteiger partial charge in [-0.15, -0.1) is 11.8 Å². The molecule has 1 heterocycles. The molecule has 0 spiro atoms. The highest BCUT2D eigenvalue weighted by molar-refractivity contribution is 9.10. The lowest BCUT2D eigenvalue weighted by atomic mass is 9.99. The number of halogens is 1. The zero-order chi connectivity index (χ0) is 17.8. The third-order valence-corrected chi connectivity index (χ3v) is 7.63.